The number of carbonyl (C=O) groups is 2. The number of anilines is 1. The maximum atomic E-state index is 12.5. The molecule has 0 bridgehead atoms. The molecule has 0 unspecified atom stereocenters. The van der Waals surface area contributed by atoms with Crippen molar-refractivity contribution in [3.63, 3.8) is 0 Å². The first kappa shape index (κ1) is 18.0. The quantitative estimate of drug-likeness (QED) is 0.908. The van der Waals surface area contributed by atoms with Crippen LogP contribution in [0.25, 0.3) is 0 Å². The Labute approximate surface area is 154 Å². The highest BCUT2D eigenvalue weighted by Crippen LogP contribution is 2.25. The van der Waals surface area contributed by atoms with E-state index in [0.717, 1.165) is 31.5 Å². The van der Waals surface area contributed by atoms with E-state index in [1.165, 1.54) is 6.42 Å². The summed E-state index contributed by atoms with van der Waals surface area (Å²) in [7, 11) is 1.57. The molecule has 1 saturated heterocycles. The lowest BCUT2D eigenvalue weighted by molar-refractivity contribution is 0.0724. The summed E-state index contributed by atoms with van der Waals surface area (Å²) in [6.07, 6.45) is 3.31. The number of amides is 2. The van der Waals surface area contributed by atoms with Gasteiger partial charge in [0.05, 0.1) is 12.8 Å². The highest BCUT2D eigenvalue weighted by atomic mass is 16.5. The van der Waals surface area contributed by atoms with Gasteiger partial charge in [0.1, 0.15) is 5.75 Å². The van der Waals surface area contributed by atoms with E-state index in [9.17, 15) is 9.59 Å². The molecule has 0 spiro atoms. The minimum Gasteiger partial charge on any atom is -0.495 e. The monoisotopic (exact) mass is 352 g/mol. The van der Waals surface area contributed by atoms with Crippen molar-refractivity contribution in [3.8, 4) is 5.75 Å². The van der Waals surface area contributed by atoms with Gasteiger partial charge in [-0.25, -0.2) is 0 Å². The van der Waals surface area contributed by atoms with Crippen molar-refractivity contribution in [2.45, 2.75) is 26.2 Å². The number of nitrogens with zero attached hydrogens (tertiary/aromatic N) is 1. The largest absolute Gasteiger partial charge is 0.495 e. The number of piperidine rings is 1. The number of nitrogens with one attached hydrogen (secondary N) is 1. The van der Waals surface area contributed by atoms with Crippen LogP contribution in [-0.4, -0.2) is 36.9 Å². The van der Waals surface area contributed by atoms with E-state index in [4.69, 9.17) is 4.74 Å². The normalized spacial score (nSPS) is 14.0. The topological polar surface area (TPSA) is 58.6 Å². The van der Waals surface area contributed by atoms with E-state index in [2.05, 4.69) is 5.32 Å². The number of methoxy groups -OCH3 is 1. The van der Waals surface area contributed by atoms with Gasteiger partial charge in [-0.1, -0.05) is 6.07 Å². The summed E-state index contributed by atoms with van der Waals surface area (Å²) in [5.41, 5.74) is 2.79. The van der Waals surface area contributed by atoms with Crippen molar-refractivity contribution in [2.75, 3.05) is 25.5 Å². The third-order valence-electron chi connectivity index (χ3n) is 4.64. The summed E-state index contributed by atoms with van der Waals surface area (Å²) in [4.78, 5) is 26.9. The van der Waals surface area contributed by atoms with Gasteiger partial charge < -0.3 is 15.0 Å². The molecule has 1 heterocycles. The lowest BCUT2D eigenvalue weighted by atomic mass is 10.1. The van der Waals surface area contributed by atoms with Crippen LogP contribution in [0.3, 0.4) is 0 Å². The number of aryl methyl sites for hydroxylation is 1. The fraction of sp³-hybridized carbons (Fsp3) is 0.333. The number of hydrogen-bond acceptors (Lipinski definition) is 3. The number of likely N-dealkylation sites (tertiary alicyclic amines) is 1. The van der Waals surface area contributed by atoms with E-state index in [1.807, 2.05) is 30.0 Å². The molecule has 1 aliphatic heterocycles. The maximum absolute atomic E-state index is 12.5. The Bertz CT molecular complexity index is 793. The van der Waals surface area contributed by atoms with Gasteiger partial charge in [-0.05, 0) is 68.1 Å². The van der Waals surface area contributed by atoms with Crippen molar-refractivity contribution in [2.24, 2.45) is 0 Å². The molecule has 136 valence electrons. The van der Waals surface area contributed by atoms with E-state index >= 15 is 0 Å². The van der Waals surface area contributed by atoms with E-state index in [-0.39, 0.29) is 11.8 Å². The molecule has 2 aromatic carbocycles. The van der Waals surface area contributed by atoms with Crippen LogP contribution in [0.5, 0.6) is 5.75 Å². The second kappa shape index (κ2) is 8.04. The molecule has 2 aromatic rings. The molecule has 1 aliphatic rings. The molecular weight excluding hydrogens is 328 g/mol. The van der Waals surface area contributed by atoms with Gasteiger partial charge in [-0.15, -0.1) is 0 Å². The zero-order valence-electron chi connectivity index (χ0n) is 15.2. The number of hydrogen-bond donors (Lipinski definition) is 1. The third-order valence-corrected chi connectivity index (χ3v) is 4.64. The Kier molecular flexibility index (Phi) is 5.56. The molecule has 5 heteroatoms. The highest BCUT2D eigenvalue weighted by Gasteiger charge is 2.18. The Balaban J connectivity index is 1.71. The molecule has 0 aliphatic carbocycles. The molecule has 2 amide bonds. The molecule has 0 radical (unpaired) electrons. The lowest BCUT2D eigenvalue weighted by Crippen LogP contribution is -2.35. The van der Waals surface area contributed by atoms with Crippen LogP contribution in [0.15, 0.2) is 42.5 Å². The van der Waals surface area contributed by atoms with Crippen LogP contribution in [0.2, 0.25) is 0 Å². The predicted molar refractivity (Wildman–Crippen MR) is 102 cm³/mol. The van der Waals surface area contributed by atoms with Crippen LogP contribution in [-0.2, 0) is 0 Å². The van der Waals surface area contributed by atoms with Crippen molar-refractivity contribution in [1.82, 2.24) is 4.90 Å². The van der Waals surface area contributed by atoms with Gasteiger partial charge in [-0.2, -0.15) is 0 Å². The Hall–Kier alpha value is -2.82. The number of benzene rings is 2. The molecule has 0 atom stereocenters. The predicted octanol–water partition coefficient (Wildman–Crippen LogP) is 3.88. The number of ether oxygens (including phenoxy) is 1. The summed E-state index contributed by atoms with van der Waals surface area (Å²) in [5, 5.41) is 2.87. The van der Waals surface area contributed by atoms with Crippen LogP contribution in [0.4, 0.5) is 5.69 Å². The summed E-state index contributed by atoms with van der Waals surface area (Å²) >= 11 is 0. The third kappa shape index (κ3) is 4.04. The van der Waals surface area contributed by atoms with Crippen molar-refractivity contribution < 1.29 is 14.3 Å². The first-order valence-electron chi connectivity index (χ1n) is 8.94. The van der Waals surface area contributed by atoms with Gasteiger partial charge >= 0.3 is 0 Å². The van der Waals surface area contributed by atoms with Gasteiger partial charge in [0.25, 0.3) is 11.8 Å². The van der Waals surface area contributed by atoms with Crippen molar-refractivity contribution in [3.05, 3.63) is 59.2 Å². The molecule has 3 rings (SSSR count). The molecule has 1 fully saturated rings. The molecule has 5 nitrogen and oxygen atoms in total. The molecular formula is C21H24N2O3. The summed E-state index contributed by atoms with van der Waals surface area (Å²) in [6, 6.07) is 12.4. The number of carbonyl (C=O) groups excluding carboxylic acids is 2. The van der Waals surface area contributed by atoms with Gasteiger partial charge in [0.2, 0.25) is 0 Å². The maximum Gasteiger partial charge on any atom is 0.255 e. The van der Waals surface area contributed by atoms with Crippen molar-refractivity contribution >= 4 is 17.5 Å². The Morgan fingerprint density at radius 1 is 0.962 bits per heavy atom. The van der Waals surface area contributed by atoms with E-state index in [0.29, 0.717) is 22.6 Å². The first-order chi connectivity index (χ1) is 12.6. The van der Waals surface area contributed by atoms with Gasteiger partial charge in [0, 0.05) is 24.2 Å². The van der Waals surface area contributed by atoms with Crippen LogP contribution in [0.1, 0.15) is 45.5 Å². The zero-order chi connectivity index (χ0) is 18.5. The fourth-order valence-corrected chi connectivity index (χ4v) is 3.16. The molecule has 26 heavy (non-hydrogen) atoms. The standard InChI is InChI=1S/C21H24N2O3/c1-15-6-11-19(26-2)18(14-15)22-20(24)16-7-9-17(10-8-16)21(25)23-12-4-3-5-13-23/h6-11,14H,3-5,12-13H2,1-2H3,(H,22,24). The number of rotatable bonds is 4. The smallest absolute Gasteiger partial charge is 0.255 e. The Morgan fingerprint density at radius 2 is 1.62 bits per heavy atom. The molecule has 0 aromatic heterocycles. The minimum atomic E-state index is -0.231. The lowest BCUT2D eigenvalue weighted by Gasteiger charge is -2.26. The van der Waals surface area contributed by atoms with Crippen LogP contribution >= 0.6 is 0 Å². The second-order valence-electron chi connectivity index (χ2n) is 6.59. The average Bonchev–Trinajstić information content (AvgIpc) is 2.68. The SMILES string of the molecule is COc1ccc(C)cc1NC(=O)c1ccc(C(=O)N2CCCCC2)cc1. The van der Waals surface area contributed by atoms with Crippen LogP contribution in [0, 0.1) is 6.92 Å². The second-order valence-corrected chi connectivity index (χ2v) is 6.59. The average molecular weight is 352 g/mol. The zero-order valence-corrected chi connectivity index (χ0v) is 15.2. The molecule has 1 N–H and O–H groups in total. The van der Waals surface area contributed by atoms with Gasteiger partial charge in [-0.3, -0.25) is 9.59 Å². The first-order valence-corrected chi connectivity index (χ1v) is 8.94. The minimum absolute atomic E-state index is 0.0389. The van der Waals surface area contributed by atoms with Crippen LogP contribution < -0.4 is 10.1 Å². The van der Waals surface area contributed by atoms with Gasteiger partial charge in [0.15, 0.2) is 0 Å². The van der Waals surface area contributed by atoms with Crippen molar-refractivity contribution in [1.29, 1.82) is 0 Å². The summed E-state index contributed by atoms with van der Waals surface area (Å²) in [5.74, 6) is 0.420. The Morgan fingerprint density at radius 3 is 2.27 bits per heavy atom. The highest BCUT2D eigenvalue weighted by molar-refractivity contribution is 6.05. The summed E-state index contributed by atoms with van der Waals surface area (Å²) < 4.78 is 5.29. The molecule has 0 saturated carbocycles. The van der Waals surface area contributed by atoms with E-state index < -0.39 is 0 Å². The fourth-order valence-electron chi connectivity index (χ4n) is 3.16. The summed E-state index contributed by atoms with van der Waals surface area (Å²) in [6.45, 7) is 3.58. The van der Waals surface area contributed by atoms with E-state index in [1.54, 1.807) is 31.4 Å².